The normalized spacial score (nSPS) is 20.7. The lowest BCUT2D eigenvalue weighted by Crippen LogP contribution is -2.48. The summed E-state index contributed by atoms with van der Waals surface area (Å²) >= 11 is 8.28. The number of ether oxygens (including phenoxy) is 1. The molecule has 2 aromatic rings. The van der Waals surface area contributed by atoms with Crippen molar-refractivity contribution in [2.75, 3.05) is 46.4 Å². The van der Waals surface area contributed by atoms with Crippen LogP contribution < -0.4 is 0 Å². The Morgan fingerprint density at radius 3 is 2.70 bits per heavy atom. The minimum atomic E-state index is 0.399. The van der Waals surface area contributed by atoms with Gasteiger partial charge >= 0.3 is 0 Å². The minimum Gasteiger partial charge on any atom is -0.385 e. The maximum Gasteiger partial charge on any atom is 0.0474 e. The third-order valence-corrected chi connectivity index (χ3v) is 7.05. The fourth-order valence-corrected chi connectivity index (χ4v) is 5.43. The van der Waals surface area contributed by atoms with Gasteiger partial charge in [-0.3, -0.25) is 4.90 Å². The molecule has 2 heterocycles. The molecule has 0 N–H and O–H groups in total. The minimum absolute atomic E-state index is 0.399. The first kappa shape index (κ1) is 19.3. The highest BCUT2D eigenvalue weighted by Crippen LogP contribution is 2.43. The van der Waals surface area contributed by atoms with E-state index in [4.69, 9.17) is 16.3 Å². The number of methoxy groups -OCH3 is 1. The summed E-state index contributed by atoms with van der Waals surface area (Å²) in [6.45, 7) is 6.46. The van der Waals surface area contributed by atoms with E-state index in [1.54, 1.807) is 7.11 Å². The smallest absolute Gasteiger partial charge is 0.0474 e. The number of hydrogen-bond donors (Lipinski definition) is 0. The molecule has 2 aliphatic rings. The van der Waals surface area contributed by atoms with Crippen LogP contribution >= 0.6 is 23.4 Å². The van der Waals surface area contributed by atoms with Crippen LogP contribution in [-0.4, -0.2) is 56.2 Å². The van der Waals surface area contributed by atoms with Gasteiger partial charge in [0.05, 0.1) is 0 Å². The van der Waals surface area contributed by atoms with Crippen LogP contribution in [0.5, 0.6) is 0 Å². The topological polar surface area (TPSA) is 15.7 Å². The van der Waals surface area contributed by atoms with E-state index in [1.807, 2.05) is 17.8 Å². The predicted octanol–water partition coefficient (Wildman–Crippen LogP) is 4.74. The lowest BCUT2D eigenvalue weighted by molar-refractivity contribution is 0.0866. The van der Waals surface area contributed by atoms with Crippen molar-refractivity contribution in [1.29, 1.82) is 0 Å². The van der Waals surface area contributed by atoms with Gasteiger partial charge in [0.15, 0.2) is 0 Å². The fraction of sp³-hybridized carbons (Fsp3) is 0.455. The first-order valence-corrected chi connectivity index (χ1v) is 10.9. The summed E-state index contributed by atoms with van der Waals surface area (Å²) in [7, 11) is 1.78. The molecule has 1 atom stereocenters. The molecule has 3 nitrogen and oxygen atoms in total. The van der Waals surface area contributed by atoms with Gasteiger partial charge in [0.25, 0.3) is 0 Å². The van der Waals surface area contributed by atoms with E-state index in [9.17, 15) is 0 Å². The van der Waals surface area contributed by atoms with Crippen molar-refractivity contribution >= 4 is 23.4 Å². The Kier molecular flexibility index (Phi) is 6.41. The maximum absolute atomic E-state index is 6.39. The summed E-state index contributed by atoms with van der Waals surface area (Å²) in [5.74, 6) is 0. The first-order valence-electron chi connectivity index (χ1n) is 9.75. The van der Waals surface area contributed by atoms with Gasteiger partial charge in [-0.15, -0.1) is 0 Å². The largest absolute Gasteiger partial charge is 0.385 e. The van der Waals surface area contributed by atoms with E-state index >= 15 is 0 Å². The molecular formula is C22H27ClN2OS. The van der Waals surface area contributed by atoms with E-state index < -0.39 is 0 Å². The Morgan fingerprint density at radius 2 is 1.89 bits per heavy atom. The van der Waals surface area contributed by atoms with Crippen LogP contribution in [0.1, 0.15) is 23.6 Å². The molecule has 0 amide bonds. The first-order chi connectivity index (χ1) is 13.2. The third kappa shape index (κ3) is 4.52. The molecule has 27 heavy (non-hydrogen) atoms. The summed E-state index contributed by atoms with van der Waals surface area (Å²) in [5, 5.41) is 0.837. The van der Waals surface area contributed by atoms with Crippen LogP contribution in [0.4, 0.5) is 0 Å². The molecular weight excluding hydrogens is 376 g/mol. The number of hydrogen-bond acceptors (Lipinski definition) is 4. The van der Waals surface area contributed by atoms with Gasteiger partial charge < -0.3 is 9.64 Å². The lowest BCUT2D eigenvalue weighted by Gasteiger charge is -2.39. The highest BCUT2D eigenvalue weighted by Gasteiger charge is 2.30. The van der Waals surface area contributed by atoms with Gasteiger partial charge in [-0.05, 0) is 48.2 Å². The molecule has 2 aliphatic heterocycles. The Balaban J connectivity index is 1.54. The molecule has 4 rings (SSSR count). The van der Waals surface area contributed by atoms with Gasteiger partial charge in [-0.2, -0.15) is 0 Å². The SMILES string of the molecule is COCCCN1CCN([C@H]2Cc3ccccc3Sc3ccc(Cl)cc32)CC1. The number of nitrogens with zero attached hydrogens (tertiary/aromatic N) is 2. The summed E-state index contributed by atoms with van der Waals surface area (Å²) in [6, 6.07) is 15.6. The molecule has 0 unspecified atom stereocenters. The quantitative estimate of drug-likeness (QED) is 0.671. The third-order valence-electron chi connectivity index (χ3n) is 5.61. The second kappa shape index (κ2) is 8.97. The Hall–Kier alpha value is -1.04. The maximum atomic E-state index is 6.39. The van der Waals surface area contributed by atoms with Gasteiger partial charge in [-0.1, -0.05) is 41.6 Å². The van der Waals surface area contributed by atoms with E-state index in [2.05, 4.69) is 46.2 Å². The standard InChI is InChI=1S/C22H27ClN2OS/c1-26-14-4-9-24-10-12-25(13-11-24)20-15-17-5-2-3-6-21(17)27-22-8-7-18(23)16-19(20)22/h2-3,5-8,16,20H,4,9-15H2,1H3/t20-/m0/s1. The molecule has 5 heteroatoms. The van der Waals surface area contributed by atoms with E-state index in [1.165, 1.54) is 20.9 Å². The zero-order chi connectivity index (χ0) is 18.6. The van der Waals surface area contributed by atoms with Crippen molar-refractivity contribution < 1.29 is 4.74 Å². The lowest BCUT2D eigenvalue weighted by atomic mass is 9.96. The molecule has 0 aliphatic carbocycles. The Labute approximate surface area is 171 Å². The second-order valence-corrected chi connectivity index (χ2v) is 8.86. The highest BCUT2D eigenvalue weighted by atomic mass is 35.5. The summed E-state index contributed by atoms with van der Waals surface area (Å²) in [5.41, 5.74) is 2.83. The van der Waals surface area contributed by atoms with Crippen LogP contribution in [-0.2, 0) is 11.2 Å². The van der Waals surface area contributed by atoms with Crippen molar-refractivity contribution in [2.24, 2.45) is 0 Å². The molecule has 1 saturated heterocycles. The Morgan fingerprint density at radius 1 is 1.07 bits per heavy atom. The van der Waals surface area contributed by atoms with Gasteiger partial charge in [0, 0.05) is 67.3 Å². The monoisotopic (exact) mass is 402 g/mol. The van der Waals surface area contributed by atoms with Crippen molar-refractivity contribution in [3.63, 3.8) is 0 Å². The fourth-order valence-electron chi connectivity index (χ4n) is 4.14. The number of piperazine rings is 1. The average molecular weight is 403 g/mol. The predicted molar refractivity (Wildman–Crippen MR) is 113 cm³/mol. The van der Waals surface area contributed by atoms with E-state index in [0.29, 0.717) is 6.04 Å². The molecule has 0 aromatic heterocycles. The molecule has 0 saturated carbocycles. The molecule has 1 fully saturated rings. The molecule has 2 aromatic carbocycles. The molecule has 0 bridgehead atoms. The van der Waals surface area contributed by atoms with Crippen LogP contribution in [0.3, 0.4) is 0 Å². The number of benzene rings is 2. The van der Waals surface area contributed by atoms with Crippen LogP contribution in [0.15, 0.2) is 52.3 Å². The molecule has 0 spiro atoms. The zero-order valence-corrected chi connectivity index (χ0v) is 17.4. The zero-order valence-electron chi connectivity index (χ0n) is 15.9. The van der Waals surface area contributed by atoms with Gasteiger partial charge in [-0.25, -0.2) is 0 Å². The molecule has 144 valence electrons. The van der Waals surface area contributed by atoms with Crippen molar-refractivity contribution in [1.82, 2.24) is 9.80 Å². The number of halogens is 1. The average Bonchev–Trinajstić information content (AvgIpc) is 2.85. The van der Waals surface area contributed by atoms with E-state index in [0.717, 1.165) is 57.2 Å². The summed E-state index contributed by atoms with van der Waals surface area (Å²) in [6.07, 6.45) is 2.17. The highest BCUT2D eigenvalue weighted by molar-refractivity contribution is 7.99. The van der Waals surface area contributed by atoms with Crippen molar-refractivity contribution in [3.05, 3.63) is 58.6 Å². The van der Waals surface area contributed by atoms with Crippen molar-refractivity contribution in [3.8, 4) is 0 Å². The molecule has 0 radical (unpaired) electrons. The van der Waals surface area contributed by atoms with E-state index in [-0.39, 0.29) is 0 Å². The summed E-state index contributed by atoms with van der Waals surface area (Å²) in [4.78, 5) is 7.94. The second-order valence-electron chi connectivity index (χ2n) is 7.34. The summed E-state index contributed by atoms with van der Waals surface area (Å²) < 4.78 is 5.19. The number of fused-ring (bicyclic) bond motifs is 2. The van der Waals surface area contributed by atoms with Crippen LogP contribution in [0, 0.1) is 0 Å². The Bertz CT molecular complexity index is 777. The van der Waals surface area contributed by atoms with Crippen LogP contribution in [0.2, 0.25) is 5.02 Å². The van der Waals surface area contributed by atoms with Gasteiger partial charge in [0.1, 0.15) is 0 Å². The van der Waals surface area contributed by atoms with Gasteiger partial charge in [0.2, 0.25) is 0 Å². The number of rotatable bonds is 5. The van der Waals surface area contributed by atoms with Crippen molar-refractivity contribution in [2.45, 2.75) is 28.7 Å². The van der Waals surface area contributed by atoms with Crippen LogP contribution in [0.25, 0.3) is 0 Å².